The van der Waals surface area contributed by atoms with Crippen molar-refractivity contribution in [2.24, 2.45) is 0 Å². The van der Waals surface area contributed by atoms with Crippen LogP contribution < -0.4 is 4.74 Å². The summed E-state index contributed by atoms with van der Waals surface area (Å²) in [5, 5.41) is 0. The lowest BCUT2D eigenvalue weighted by Crippen LogP contribution is -2.13. The number of aryl methyl sites for hydroxylation is 1. The van der Waals surface area contributed by atoms with Crippen LogP contribution in [0.15, 0.2) is 12.1 Å². The van der Waals surface area contributed by atoms with E-state index in [9.17, 15) is 9.59 Å². The summed E-state index contributed by atoms with van der Waals surface area (Å²) in [6, 6.07) is 3.66. The van der Waals surface area contributed by atoms with Gasteiger partial charge in [-0.05, 0) is 31.4 Å². The predicted octanol–water partition coefficient (Wildman–Crippen LogP) is 2.54. The topological polar surface area (TPSA) is 61.8 Å². The highest BCUT2D eigenvalue weighted by molar-refractivity contribution is 5.93. The fourth-order valence-corrected chi connectivity index (χ4v) is 2.23. The Hall–Kier alpha value is -2.04. The van der Waals surface area contributed by atoms with E-state index in [1.54, 1.807) is 6.92 Å². The van der Waals surface area contributed by atoms with E-state index in [0.717, 1.165) is 5.56 Å². The maximum atomic E-state index is 12.1. The molecule has 0 aliphatic rings. The van der Waals surface area contributed by atoms with Gasteiger partial charge in [0.2, 0.25) is 0 Å². The highest BCUT2D eigenvalue weighted by atomic mass is 16.5. The Morgan fingerprint density at radius 3 is 2.38 bits per heavy atom. The molecule has 5 nitrogen and oxygen atoms in total. The molecule has 0 unspecified atom stereocenters. The van der Waals surface area contributed by atoms with E-state index in [1.807, 2.05) is 19.1 Å². The summed E-state index contributed by atoms with van der Waals surface area (Å²) in [6.45, 7) is 4.06. The molecule has 0 saturated heterocycles. The van der Waals surface area contributed by atoms with Gasteiger partial charge in [0.05, 0.1) is 26.4 Å². The minimum Gasteiger partial charge on any atom is -0.496 e. The van der Waals surface area contributed by atoms with Crippen molar-refractivity contribution in [3.8, 4) is 5.75 Å². The van der Waals surface area contributed by atoms with E-state index in [4.69, 9.17) is 14.2 Å². The smallest absolute Gasteiger partial charge is 0.338 e. The van der Waals surface area contributed by atoms with Crippen molar-refractivity contribution in [1.82, 2.24) is 0 Å². The molecule has 0 spiro atoms. The van der Waals surface area contributed by atoms with Crippen molar-refractivity contribution in [2.75, 3.05) is 20.8 Å². The Labute approximate surface area is 125 Å². The van der Waals surface area contributed by atoms with Gasteiger partial charge in [-0.2, -0.15) is 0 Å². The number of carbonyl (C=O) groups is 2. The summed E-state index contributed by atoms with van der Waals surface area (Å²) < 4.78 is 15.1. The van der Waals surface area contributed by atoms with Crippen molar-refractivity contribution in [1.29, 1.82) is 0 Å². The summed E-state index contributed by atoms with van der Waals surface area (Å²) in [5.41, 5.74) is 2.06. The number of hydrogen-bond acceptors (Lipinski definition) is 5. The van der Waals surface area contributed by atoms with E-state index in [2.05, 4.69) is 0 Å². The number of carbonyl (C=O) groups excluding carboxylic acids is 2. The first-order valence-electron chi connectivity index (χ1n) is 7.01. The van der Waals surface area contributed by atoms with Crippen LogP contribution in [0.4, 0.5) is 0 Å². The molecule has 0 aliphatic heterocycles. The minimum atomic E-state index is -0.412. The molecule has 0 fully saturated rings. The van der Waals surface area contributed by atoms with Gasteiger partial charge in [0.25, 0.3) is 0 Å². The van der Waals surface area contributed by atoms with Crippen LogP contribution in [-0.2, 0) is 27.1 Å². The SMILES string of the molecule is CCOC(=O)CCc1c(OC)ccc(CC)c1C(=O)OC. The monoisotopic (exact) mass is 294 g/mol. The van der Waals surface area contributed by atoms with Crippen LogP contribution in [0, 0.1) is 0 Å². The Morgan fingerprint density at radius 2 is 1.86 bits per heavy atom. The average Bonchev–Trinajstić information content (AvgIpc) is 2.51. The van der Waals surface area contributed by atoms with E-state index in [-0.39, 0.29) is 12.4 Å². The molecule has 1 rings (SSSR count). The fraction of sp³-hybridized carbons (Fsp3) is 0.500. The van der Waals surface area contributed by atoms with Crippen LogP contribution in [0.5, 0.6) is 5.75 Å². The Kier molecular flexibility index (Phi) is 6.72. The zero-order valence-corrected chi connectivity index (χ0v) is 13.0. The van der Waals surface area contributed by atoms with Gasteiger partial charge in [-0.15, -0.1) is 0 Å². The molecule has 0 aromatic heterocycles. The molecule has 1 aromatic carbocycles. The van der Waals surface area contributed by atoms with Crippen molar-refractivity contribution < 1.29 is 23.8 Å². The first-order valence-corrected chi connectivity index (χ1v) is 7.01. The summed E-state index contributed by atoms with van der Waals surface area (Å²) in [7, 11) is 2.88. The van der Waals surface area contributed by atoms with Crippen LogP contribution >= 0.6 is 0 Å². The fourth-order valence-electron chi connectivity index (χ4n) is 2.23. The third-order valence-corrected chi connectivity index (χ3v) is 3.23. The molecule has 0 atom stereocenters. The summed E-state index contributed by atoms with van der Waals surface area (Å²) in [4.78, 5) is 23.6. The van der Waals surface area contributed by atoms with E-state index < -0.39 is 5.97 Å². The van der Waals surface area contributed by atoms with Gasteiger partial charge in [0, 0.05) is 12.0 Å². The van der Waals surface area contributed by atoms with Crippen LogP contribution in [0.3, 0.4) is 0 Å². The Bertz CT molecular complexity index is 508. The van der Waals surface area contributed by atoms with Crippen LogP contribution in [0.2, 0.25) is 0 Å². The molecular formula is C16H22O5. The molecule has 21 heavy (non-hydrogen) atoms. The third kappa shape index (κ3) is 4.21. The van der Waals surface area contributed by atoms with Crippen LogP contribution in [0.1, 0.15) is 41.8 Å². The Morgan fingerprint density at radius 1 is 1.14 bits per heavy atom. The van der Waals surface area contributed by atoms with Gasteiger partial charge in [0.15, 0.2) is 0 Å². The molecule has 0 N–H and O–H groups in total. The minimum absolute atomic E-state index is 0.196. The molecule has 1 aromatic rings. The molecule has 0 bridgehead atoms. The molecule has 0 aliphatic carbocycles. The highest BCUT2D eigenvalue weighted by Crippen LogP contribution is 2.28. The van der Waals surface area contributed by atoms with Gasteiger partial charge in [-0.25, -0.2) is 4.79 Å². The zero-order chi connectivity index (χ0) is 15.8. The van der Waals surface area contributed by atoms with Crippen molar-refractivity contribution in [3.05, 3.63) is 28.8 Å². The zero-order valence-electron chi connectivity index (χ0n) is 13.0. The first-order chi connectivity index (χ1) is 10.1. The number of benzene rings is 1. The number of hydrogen-bond donors (Lipinski definition) is 0. The Balaban J connectivity index is 3.18. The van der Waals surface area contributed by atoms with E-state index >= 15 is 0 Å². The number of rotatable bonds is 7. The first kappa shape index (κ1) is 17.0. The van der Waals surface area contributed by atoms with Gasteiger partial charge in [-0.1, -0.05) is 13.0 Å². The highest BCUT2D eigenvalue weighted by Gasteiger charge is 2.21. The molecule has 0 amide bonds. The standard InChI is InChI=1S/C16H22O5/c1-5-11-7-9-13(19-3)12(15(11)16(18)20-4)8-10-14(17)21-6-2/h7,9H,5-6,8,10H2,1-4H3. The second-order valence-electron chi connectivity index (χ2n) is 4.43. The van der Waals surface area contributed by atoms with Gasteiger partial charge in [-0.3, -0.25) is 4.79 Å². The third-order valence-electron chi connectivity index (χ3n) is 3.23. The molecule has 116 valence electrons. The maximum Gasteiger partial charge on any atom is 0.338 e. The molecule has 0 radical (unpaired) electrons. The maximum absolute atomic E-state index is 12.1. The van der Waals surface area contributed by atoms with Gasteiger partial charge < -0.3 is 14.2 Å². The number of esters is 2. The molecule has 0 heterocycles. The van der Waals surface area contributed by atoms with Crippen molar-refractivity contribution in [2.45, 2.75) is 33.1 Å². The average molecular weight is 294 g/mol. The number of methoxy groups -OCH3 is 2. The normalized spacial score (nSPS) is 10.1. The van der Waals surface area contributed by atoms with Crippen molar-refractivity contribution >= 4 is 11.9 Å². The lowest BCUT2D eigenvalue weighted by atomic mass is 9.95. The summed E-state index contributed by atoms with van der Waals surface area (Å²) in [5.74, 6) is -0.126. The van der Waals surface area contributed by atoms with Crippen LogP contribution in [-0.4, -0.2) is 32.8 Å². The summed E-state index contributed by atoms with van der Waals surface area (Å²) in [6.07, 6.45) is 1.27. The summed E-state index contributed by atoms with van der Waals surface area (Å²) >= 11 is 0. The molecule has 0 saturated carbocycles. The van der Waals surface area contributed by atoms with Crippen LogP contribution in [0.25, 0.3) is 0 Å². The van der Waals surface area contributed by atoms with E-state index in [0.29, 0.717) is 36.3 Å². The predicted molar refractivity (Wildman–Crippen MR) is 78.7 cm³/mol. The lowest BCUT2D eigenvalue weighted by Gasteiger charge is -2.16. The second-order valence-corrected chi connectivity index (χ2v) is 4.43. The lowest BCUT2D eigenvalue weighted by molar-refractivity contribution is -0.143. The molecule has 5 heteroatoms. The van der Waals surface area contributed by atoms with Gasteiger partial charge in [0.1, 0.15) is 5.75 Å². The van der Waals surface area contributed by atoms with Gasteiger partial charge >= 0.3 is 11.9 Å². The number of ether oxygens (including phenoxy) is 3. The van der Waals surface area contributed by atoms with Crippen molar-refractivity contribution in [3.63, 3.8) is 0 Å². The second kappa shape index (κ2) is 8.29. The largest absolute Gasteiger partial charge is 0.496 e. The van der Waals surface area contributed by atoms with E-state index in [1.165, 1.54) is 14.2 Å². The molecular weight excluding hydrogens is 272 g/mol. The quantitative estimate of drug-likeness (QED) is 0.723.